The summed E-state index contributed by atoms with van der Waals surface area (Å²) < 4.78 is 6.61. The van der Waals surface area contributed by atoms with E-state index in [4.69, 9.17) is 4.42 Å². The number of hydrazone groups is 1. The molecule has 0 spiro atoms. The maximum Gasteiger partial charge on any atom is 0.236 e. The molecule has 0 aliphatic heterocycles. The zero-order valence-corrected chi connectivity index (χ0v) is 11.0. The van der Waals surface area contributed by atoms with Crippen molar-refractivity contribution >= 4 is 38.5 Å². The van der Waals surface area contributed by atoms with Crippen LogP contribution in [0.2, 0.25) is 0 Å². The van der Waals surface area contributed by atoms with Gasteiger partial charge in [0, 0.05) is 16.8 Å². The Morgan fingerprint density at radius 2 is 2.12 bits per heavy atom. The molecule has 1 N–H and O–H groups in total. The second-order valence-corrected chi connectivity index (χ2v) is 4.57. The number of benzene rings is 1. The molecule has 2 aromatic rings. The van der Waals surface area contributed by atoms with Gasteiger partial charge in [-0.1, -0.05) is 15.9 Å². The third-order valence-electron chi connectivity index (χ3n) is 2.22. The largest absolute Gasteiger partial charge is 0.455 e. The molecule has 5 heteroatoms. The fourth-order valence-electron chi connectivity index (χ4n) is 1.41. The third kappa shape index (κ3) is 2.74. The van der Waals surface area contributed by atoms with Crippen molar-refractivity contribution in [3.8, 4) is 0 Å². The first-order valence-corrected chi connectivity index (χ1v) is 5.86. The number of nitrogens with zero attached hydrogens (tertiary/aromatic N) is 1. The summed E-state index contributed by atoms with van der Waals surface area (Å²) in [5, 5.41) is 4.92. The molecule has 0 unspecified atom stereocenters. The van der Waals surface area contributed by atoms with Crippen molar-refractivity contribution < 1.29 is 9.21 Å². The van der Waals surface area contributed by atoms with E-state index in [0.29, 0.717) is 11.5 Å². The van der Waals surface area contributed by atoms with Crippen molar-refractivity contribution in [2.45, 2.75) is 13.8 Å². The highest BCUT2D eigenvalue weighted by Gasteiger charge is 2.07. The number of carbonyl (C=O) groups is 1. The summed E-state index contributed by atoms with van der Waals surface area (Å²) in [6, 6.07) is 7.65. The van der Waals surface area contributed by atoms with Crippen LogP contribution in [0.1, 0.15) is 19.6 Å². The normalized spacial score (nSPS) is 11.8. The fourth-order valence-corrected chi connectivity index (χ4v) is 1.79. The molecule has 0 atom stereocenters. The molecular weight excluding hydrogens is 284 g/mol. The van der Waals surface area contributed by atoms with Crippen LogP contribution in [0.4, 0.5) is 0 Å². The molecule has 0 radical (unpaired) electrons. The standard InChI is InChI=1S/C12H11BrN2O2/c1-7(14-15-8(2)16)12-6-9-5-10(13)3-4-11(9)17-12/h3-6H,1-2H3,(H,15,16)/b14-7-. The predicted octanol–water partition coefficient (Wildman–Crippen LogP) is 3.06. The smallest absolute Gasteiger partial charge is 0.236 e. The van der Waals surface area contributed by atoms with E-state index in [1.54, 1.807) is 6.92 Å². The molecule has 1 aromatic heterocycles. The number of amides is 1. The number of fused-ring (bicyclic) bond motifs is 1. The number of nitrogens with one attached hydrogen (secondary N) is 1. The first kappa shape index (κ1) is 11.9. The van der Waals surface area contributed by atoms with Crippen LogP contribution in [0.25, 0.3) is 11.0 Å². The predicted molar refractivity (Wildman–Crippen MR) is 69.9 cm³/mol. The van der Waals surface area contributed by atoms with Crippen molar-refractivity contribution in [1.82, 2.24) is 5.43 Å². The Hall–Kier alpha value is -1.62. The molecule has 4 nitrogen and oxygen atoms in total. The molecule has 17 heavy (non-hydrogen) atoms. The number of halogens is 1. The Bertz CT molecular complexity index is 602. The Balaban J connectivity index is 2.36. The van der Waals surface area contributed by atoms with Gasteiger partial charge in [-0.15, -0.1) is 0 Å². The van der Waals surface area contributed by atoms with Gasteiger partial charge in [0.1, 0.15) is 11.3 Å². The Morgan fingerprint density at radius 3 is 2.82 bits per heavy atom. The van der Waals surface area contributed by atoms with Gasteiger partial charge in [0.05, 0.1) is 0 Å². The van der Waals surface area contributed by atoms with Crippen molar-refractivity contribution in [1.29, 1.82) is 0 Å². The van der Waals surface area contributed by atoms with Crippen LogP contribution in [-0.2, 0) is 4.79 Å². The average molecular weight is 295 g/mol. The lowest BCUT2D eigenvalue weighted by Gasteiger charge is -1.95. The SMILES string of the molecule is CC(=O)N/N=C(/C)c1cc2cc(Br)ccc2o1. The monoisotopic (exact) mass is 294 g/mol. The first-order valence-electron chi connectivity index (χ1n) is 5.06. The van der Waals surface area contributed by atoms with Crippen LogP contribution in [0.3, 0.4) is 0 Å². The molecule has 0 saturated carbocycles. The minimum atomic E-state index is -0.205. The molecule has 2 rings (SSSR count). The van der Waals surface area contributed by atoms with Gasteiger partial charge in [-0.25, -0.2) is 5.43 Å². The fraction of sp³-hybridized carbons (Fsp3) is 0.167. The molecule has 0 aliphatic carbocycles. The van der Waals surface area contributed by atoms with E-state index < -0.39 is 0 Å². The second-order valence-electron chi connectivity index (χ2n) is 3.66. The summed E-state index contributed by atoms with van der Waals surface area (Å²) in [4.78, 5) is 10.7. The maximum atomic E-state index is 10.7. The summed E-state index contributed by atoms with van der Waals surface area (Å²) in [5.74, 6) is 0.440. The summed E-state index contributed by atoms with van der Waals surface area (Å²) in [5.41, 5.74) is 3.80. The molecule has 0 fully saturated rings. The van der Waals surface area contributed by atoms with Crippen LogP contribution in [-0.4, -0.2) is 11.6 Å². The summed E-state index contributed by atoms with van der Waals surface area (Å²) in [6.45, 7) is 3.19. The van der Waals surface area contributed by atoms with Crippen molar-refractivity contribution in [2.75, 3.05) is 0 Å². The lowest BCUT2D eigenvalue weighted by Crippen LogP contribution is -2.14. The minimum Gasteiger partial charge on any atom is -0.455 e. The van der Waals surface area contributed by atoms with Gasteiger partial charge in [0.25, 0.3) is 0 Å². The van der Waals surface area contributed by atoms with E-state index >= 15 is 0 Å². The van der Waals surface area contributed by atoms with E-state index in [9.17, 15) is 4.79 Å². The number of hydrogen-bond acceptors (Lipinski definition) is 3. The molecule has 1 heterocycles. The van der Waals surface area contributed by atoms with Gasteiger partial charge in [-0.3, -0.25) is 4.79 Å². The highest BCUT2D eigenvalue weighted by Crippen LogP contribution is 2.23. The second kappa shape index (κ2) is 4.71. The molecule has 0 aliphatic rings. The summed E-state index contributed by atoms with van der Waals surface area (Å²) >= 11 is 3.40. The first-order chi connectivity index (χ1) is 8.06. The zero-order chi connectivity index (χ0) is 12.4. The molecular formula is C12H11BrN2O2. The summed E-state index contributed by atoms with van der Waals surface area (Å²) in [7, 11) is 0. The Kier molecular flexibility index (Phi) is 3.28. The van der Waals surface area contributed by atoms with Gasteiger partial charge in [-0.05, 0) is 31.2 Å². The van der Waals surface area contributed by atoms with Crippen molar-refractivity contribution in [3.05, 3.63) is 34.5 Å². The van der Waals surface area contributed by atoms with Gasteiger partial charge >= 0.3 is 0 Å². The van der Waals surface area contributed by atoms with E-state index in [1.807, 2.05) is 24.3 Å². The topological polar surface area (TPSA) is 54.6 Å². The molecule has 1 amide bonds. The Labute approximate surface area is 107 Å². The van der Waals surface area contributed by atoms with Crippen LogP contribution < -0.4 is 5.43 Å². The average Bonchev–Trinajstić information content (AvgIpc) is 2.68. The van der Waals surface area contributed by atoms with Gasteiger partial charge in [0.15, 0.2) is 5.76 Å². The molecule has 0 bridgehead atoms. The molecule has 1 aromatic carbocycles. The van der Waals surface area contributed by atoms with E-state index in [2.05, 4.69) is 26.5 Å². The van der Waals surface area contributed by atoms with Crippen molar-refractivity contribution in [3.63, 3.8) is 0 Å². The molecule has 88 valence electrons. The highest BCUT2D eigenvalue weighted by molar-refractivity contribution is 9.10. The van der Waals surface area contributed by atoms with Gasteiger partial charge in [-0.2, -0.15) is 5.10 Å². The zero-order valence-electron chi connectivity index (χ0n) is 9.45. The number of furan rings is 1. The quantitative estimate of drug-likeness (QED) is 0.684. The van der Waals surface area contributed by atoms with E-state index in [0.717, 1.165) is 15.4 Å². The Morgan fingerprint density at radius 1 is 1.35 bits per heavy atom. The lowest BCUT2D eigenvalue weighted by molar-refractivity contribution is -0.118. The van der Waals surface area contributed by atoms with Gasteiger partial charge in [0.2, 0.25) is 5.91 Å². The van der Waals surface area contributed by atoms with Crippen LogP contribution in [0, 0.1) is 0 Å². The van der Waals surface area contributed by atoms with Crippen molar-refractivity contribution in [2.24, 2.45) is 5.10 Å². The number of hydrogen-bond donors (Lipinski definition) is 1. The summed E-state index contributed by atoms with van der Waals surface area (Å²) in [6.07, 6.45) is 0. The van der Waals surface area contributed by atoms with Crippen LogP contribution >= 0.6 is 15.9 Å². The number of rotatable bonds is 2. The highest BCUT2D eigenvalue weighted by atomic mass is 79.9. The molecule has 0 saturated heterocycles. The van der Waals surface area contributed by atoms with Crippen LogP contribution in [0.5, 0.6) is 0 Å². The maximum absolute atomic E-state index is 10.7. The number of carbonyl (C=O) groups excluding carboxylic acids is 1. The van der Waals surface area contributed by atoms with Gasteiger partial charge < -0.3 is 4.42 Å². The van der Waals surface area contributed by atoms with E-state index in [1.165, 1.54) is 6.92 Å². The lowest BCUT2D eigenvalue weighted by atomic mass is 10.2. The van der Waals surface area contributed by atoms with E-state index in [-0.39, 0.29) is 5.91 Å². The van der Waals surface area contributed by atoms with Crippen LogP contribution in [0.15, 0.2) is 38.3 Å². The minimum absolute atomic E-state index is 0.205. The third-order valence-corrected chi connectivity index (χ3v) is 2.71.